The molecule has 13 heteroatoms. The summed E-state index contributed by atoms with van der Waals surface area (Å²) in [5.74, 6) is -1.36. The zero-order valence-electron chi connectivity index (χ0n) is 22.4. The van der Waals surface area contributed by atoms with Crippen LogP contribution in [0.25, 0.3) is 0 Å². The first-order chi connectivity index (χ1) is 19.1. The summed E-state index contributed by atoms with van der Waals surface area (Å²) in [6.07, 6.45) is -4.76. The van der Waals surface area contributed by atoms with Crippen molar-refractivity contribution in [1.82, 2.24) is 10.2 Å². The second-order valence-corrected chi connectivity index (χ2v) is 11.9. The molecule has 0 aliphatic heterocycles. The maximum atomic E-state index is 13.8. The Hall–Kier alpha value is -3.28. The van der Waals surface area contributed by atoms with E-state index in [-0.39, 0.29) is 28.7 Å². The Kier molecular flexibility index (Phi) is 10.3. The molecule has 0 fully saturated rings. The summed E-state index contributed by atoms with van der Waals surface area (Å²) in [5, 5.41) is 3.17. The minimum Gasteiger partial charge on any atom is -0.355 e. The molecule has 41 heavy (non-hydrogen) atoms. The Labute approximate surface area is 246 Å². The second-order valence-electron chi connectivity index (χ2n) is 9.20. The van der Waals surface area contributed by atoms with Crippen molar-refractivity contribution in [2.45, 2.75) is 44.4 Å². The third-order valence-electron chi connectivity index (χ3n) is 6.22. The molecule has 0 saturated heterocycles. The molecule has 3 rings (SSSR count). The molecule has 0 radical (unpaired) electrons. The van der Waals surface area contributed by atoms with Gasteiger partial charge >= 0.3 is 6.18 Å². The van der Waals surface area contributed by atoms with Crippen molar-refractivity contribution < 1.29 is 31.2 Å². The Bertz CT molecular complexity index is 1520. The van der Waals surface area contributed by atoms with E-state index in [1.54, 1.807) is 26.0 Å². The molecule has 0 unspecified atom stereocenters. The molecule has 0 aliphatic rings. The molecule has 2 amide bonds. The summed E-state index contributed by atoms with van der Waals surface area (Å²) >= 11 is 12.3. The van der Waals surface area contributed by atoms with Crippen LogP contribution in [0.3, 0.4) is 0 Å². The van der Waals surface area contributed by atoms with Crippen LogP contribution in [0.15, 0.2) is 71.6 Å². The first kappa shape index (κ1) is 32.2. The topological polar surface area (TPSA) is 86.8 Å². The molecule has 0 aromatic heterocycles. The quantitative estimate of drug-likeness (QED) is 0.295. The van der Waals surface area contributed by atoms with Crippen LogP contribution in [-0.4, -0.2) is 44.3 Å². The van der Waals surface area contributed by atoms with Gasteiger partial charge in [0.05, 0.1) is 16.1 Å². The molecule has 3 aromatic rings. The van der Waals surface area contributed by atoms with Crippen molar-refractivity contribution in [1.29, 1.82) is 0 Å². The number of amides is 2. The maximum Gasteiger partial charge on any atom is 0.416 e. The van der Waals surface area contributed by atoms with Gasteiger partial charge in [0.25, 0.3) is 10.0 Å². The first-order valence-corrected chi connectivity index (χ1v) is 14.6. The number of rotatable bonds is 10. The van der Waals surface area contributed by atoms with E-state index in [1.165, 1.54) is 43.3 Å². The van der Waals surface area contributed by atoms with Crippen LogP contribution in [0.1, 0.15) is 30.5 Å². The van der Waals surface area contributed by atoms with E-state index < -0.39 is 46.2 Å². The van der Waals surface area contributed by atoms with Crippen molar-refractivity contribution >= 4 is 50.7 Å². The maximum absolute atomic E-state index is 13.8. The van der Waals surface area contributed by atoms with Gasteiger partial charge in [-0.25, -0.2) is 8.42 Å². The highest BCUT2D eigenvalue weighted by Gasteiger charge is 2.35. The highest BCUT2D eigenvalue weighted by atomic mass is 35.5. The van der Waals surface area contributed by atoms with E-state index in [4.69, 9.17) is 23.2 Å². The number of carbonyl (C=O) groups excluding carboxylic acids is 2. The molecule has 3 aromatic carbocycles. The molecule has 7 nitrogen and oxygen atoms in total. The number of nitrogens with one attached hydrogen (secondary N) is 1. The van der Waals surface area contributed by atoms with Crippen LogP contribution < -0.4 is 9.62 Å². The number of anilines is 1. The van der Waals surface area contributed by atoms with Gasteiger partial charge in [0.1, 0.15) is 12.6 Å². The fraction of sp³-hybridized carbons (Fsp3) is 0.286. The van der Waals surface area contributed by atoms with Crippen molar-refractivity contribution in [2.75, 3.05) is 17.4 Å². The number of hydrogen-bond donors (Lipinski definition) is 1. The number of alkyl halides is 3. The summed E-state index contributed by atoms with van der Waals surface area (Å²) in [7, 11) is -4.53. The summed E-state index contributed by atoms with van der Waals surface area (Å²) in [6, 6.07) is 12.8. The summed E-state index contributed by atoms with van der Waals surface area (Å²) in [5.41, 5.74) is -0.282. The van der Waals surface area contributed by atoms with Crippen LogP contribution >= 0.6 is 23.2 Å². The number of sulfonamides is 1. The van der Waals surface area contributed by atoms with E-state index in [0.717, 1.165) is 22.6 Å². The van der Waals surface area contributed by atoms with E-state index in [9.17, 15) is 31.2 Å². The van der Waals surface area contributed by atoms with Gasteiger partial charge in [0.2, 0.25) is 11.8 Å². The molecule has 1 atom stereocenters. The number of benzene rings is 3. The third kappa shape index (κ3) is 7.93. The van der Waals surface area contributed by atoms with Gasteiger partial charge in [-0.05, 0) is 68.8 Å². The van der Waals surface area contributed by atoms with Crippen LogP contribution in [0.4, 0.5) is 18.9 Å². The number of nitrogens with zero attached hydrogens (tertiary/aromatic N) is 2. The molecule has 220 valence electrons. The van der Waals surface area contributed by atoms with Crippen LogP contribution in [-0.2, 0) is 32.3 Å². The average Bonchev–Trinajstić information content (AvgIpc) is 2.90. The van der Waals surface area contributed by atoms with Gasteiger partial charge in [-0.3, -0.25) is 13.9 Å². The molecule has 1 N–H and O–H groups in total. The molecule has 0 bridgehead atoms. The lowest BCUT2D eigenvalue weighted by Crippen LogP contribution is -2.51. The monoisotopic (exact) mass is 629 g/mol. The molecule has 0 aliphatic carbocycles. The molecule has 0 heterocycles. The van der Waals surface area contributed by atoms with Gasteiger partial charge in [-0.1, -0.05) is 53.0 Å². The van der Waals surface area contributed by atoms with Crippen molar-refractivity contribution in [2.24, 2.45) is 0 Å². The van der Waals surface area contributed by atoms with Crippen LogP contribution in [0.5, 0.6) is 0 Å². The Balaban J connectivity index is 2.11. The number of carbonyl (C=O) groups is 2. The zero-order chi connectivity index (χ0) is 30.5. The minimum atomic E-state index is -4.76. The molecule has 0 spiro atoms. The van der Waals surface area contributed by atoms with Gasteiger partial charge in [0.15, 0.2) is 0 Å². The third-order valence-corrected chi connectivity index (χ3v) is 8.60. The van der Waals surface area contributed by atoms with Crippen molar-refractivity contribution in [3.63, 3.8) is 0 Å². The van der Waals surface area contributed by atoms with Gasteiger partial charge in [-0.2, -0.15) is 13.2 Å². The summed E-state index contributed by atoms with van der Waals surface area (Å²) in [6.45, 7) is 4.06. The number of hydrogen-bond acceptors (Lipinski definition) is 4. The largest absolute Gasteiger partial charge is 0.416 e. The lowest BCUT2D eigenvalue weighted by molar-refractivity contribution is -0.139. The number of halogens is 5. The lowest BCUT2D eigenvalue weighted by atomic mass is 10.1. The van der Waals surface area contributed by atoms with Crippen LogP contribution in [0, 0.1) is 6.92 Å². The highest BCUT2D eigenvalue weighted by molar-refractivity contribution is 7.92. The zero-order valence-corrected chi connectivity index (χ0v) is 24.7. The lowest BCUT2D eigenvalue weighted by Gasteiger charge is -2.32. The van der Waals surface area contributed by atoms with E-state index in [2.05, 4.69) is 5.32 Å². The molecular weight excluding hydrogens is 602 g/mol. The predicted octanol–water partition coefficient (Wildman–Crippen LogP) is 6.07. The summed E-state index contributed by atoms with van der Waals surface area (Å²) in [4.78, 5) is 27.5. The predicted molar refractivity (Wildman–Crippen MR) is 152 cm³/mol. The number of aryl methyl sites for hydroxylation is 1. The fourth-order valence-corrected chi connectivity index (χ4v) is 5.82. The highest BCUT2D eigenvalue weighted by Crippen LogP contribution is 2.33. The van der Waals surface area contributed by atoms with Crippen molar-refractivity contribution in [3.8, 4) is 0 Å². The van der Waals surface area contributed by atoms with Gasteiger partial charge in [-0.15, -0.1) is 0 Å². The standard InChI is InChI=1S/C28H28Cl2F3N3O4S/c1-4-34-27(38)19(3)35(16-20-10-11-22(29)15-25(20)30)26(37)17-36(23-7-5-6-21(14-23)28(31,32)33)41(39,40)24-12-8-18(2)9-13-24/h5-15,19H,4,16-17H2,1-3H3,(H,34,38)/t19-/m1/s1. The van der Waals surface area contributed by atoms with Crippen LogP contribution in [0.2, 0.25) is 10.0 Å². The Morgan fingerprint density at radius 2 is 1.66 bits per heavy atom. The van der Waals surface area contributed by atoms with E-state index >= 15 is 0 Å². The van der Waals surface area contributed by atoms with E-state index in [0.29, 0.717) is 21.0 Å². The van der Waals surface area contributed by atoms with Gasteiger partial charge < -0.3 is 10.2 Å². The van der Waals surface area contributed by atoms with E-state index in [1.807, 2.05) is 0 Å². The minimum absolute atomic E-state index is 0.200. The average molecular weight is 631 g/mol. The first-order valence-electron chi connectivity index (χ1n) is 12.4. The number of likely N-dealkylation sites (N-methyl/N-ethyl adjacent to an activating group) is 1. The fourth-order valence-electron chi connectivity index (χ4n) is 3.94. The SMILES string of the molecule is CCNC(=O)[C@@H](C)N(Cc1ccc(Cl)cc1Cl)C(=O)CN(c1cccc(C(F)(F)F)c1)S(=O)(=O)c1ccc(C)cc1. The van der Waals surface area contributed by atoms with Gasteiger partial charge in [0, 0.05) is 23.1 Å². The normalized spacial score (nSPS) is 12.5. The van der Waals surface area contributed by atoms with Crippen molar-refractivity contribution in [3.05, 3.63) is 93.5 Å². The smallest absolute Gasteiger partial charge is 0.355 e. The Morgan fingerprint density at radius 1 is 1.00 bits per heavy atom. The summed E-state index contributed by atoms with van der Waals surface area (Å²) < 4.78 is 68.8. The molecular formula is C28H28Cl2F3N3O4S. The Morgan fingerprint density at radius 3 is 2.24 bits per heavy atom. The molecule has 0 saturated carbocycles. The second kappa shape index (κ2) is 13.1.